The molecule has 0 spiro atoms. The Balaban J connectivity index is 2.36. The molecule has 0 fully saturated rings. The molecule has 0 aliphatic carbocycles. The maximum Gasteiger partial charge on any atom is 0.339 e. The van der Waals surface area contributed by atoms with Gasteiger partial charge in [-0.15, -0.1) is 0 Å². The Bertz CT molecular complexity index is 999. The van der Waals surface area contributed by atoms with Gasteiger partial charge in [-0.05, 0) is 61.7 Å². The van der Waals surface area contributed by atoms with Gasteiger partial charge < -0.3 is 9.08 Å². The average Bonchev–Trinajstić information content (AvgIpc) is 2.60. The van der Waals surface area contributed by atoms with E-state index in [0.717, 1.165) is 24.3 Å². The number of hydrogen-bond donors (Lipinski definition) is 0. The molecule has 2 aromatic rings. The zero-order chi connectivity index (χ0) is 22.7. The predicted molar refractivity (Wildman–Crippen MR) is 115 cm³/mol. The first kappa shape index (κ1) is 24.2. The zero-order valence-corrected chi connectivity index (χ0v) is 19.3. The standard InChI is InChI=1S/C22H27ClFNO4S/c1-15(2)25(21(26)13-22(3,4)5)14-16-12-17(23)6-11-20(16)29-30(27,28)19-9-7-18(24)8-10-19/h6-12,15H,13-14H2,1-5H3. The van der Waals surface area contributed by atoms with Crippen LogP contribution in [0.3, 0.4) is 0 Å². The molecular weight excluding hydrogens is 429 g/mol. The topological polar surface area (TPSA) is 63.7 Å². The quantitative estimate of drug-likeness (QED) is 0.523. The van der Waals surface area contributed by atoms with E-state index in [1.165, 1.54) is 12.1 Å². The van der Waals surface area contributed by atoms with Crippen LogP contribution >= 0.6 is 11.6 Å². The van der Waals surface area contributed by atoms with E-state index >= 15 is 0 Å². The molecule has 5 nitrogen and oxygen atoms in total. The van der Waals surface area contributed by atoms with E-state index < -0.39 is 15.9 Å². The number of amides is 1. The Kier molecular flexibility index (Phi) is 7.53. The van der Waals surface area contributed by atoms with Crippen molar-refractivity contribution in [2.45, 2.75) is 58.5 Å². The fourth-order valence-corrected chi connectivity index (χ4v) is 3.98. The molecule has 0 saturated heterocycles. The Morgan fingerprint density at radius 3 is 2.27 bits per heavy atom. The van der Waals surface area contributed by atoms with Crippen LogP contribution in [0.5, 0.6) is 5.75 Å². The molecule has 0 aliphatic rings. The van der Waals surface area contributed by atoms with Gasteiger partial charge in [0.2, 0.25) is 5.91 Å². The van der Waals surface area contributed by atoms with Gasteiger partial charge in [-0.2, -0.15) is 8.42 Å². The van der Waals surface area contributed by atoms with Crippen molar-refractivity contribution < 1.29 is 21.8 Å². The molecule has 0 aromatic heterocycles. The molecule has 0 aliphatic heterocycles. The minimum absolute atomic E-state index is 0.0511. The zero-order valence-electron chi connectivity index (χ0n) is 17.8. The van der Waals surface area contributed by atoms with Crippen molar-refractivity contribution in [3.63, 3.8) is 0 Å². The van der Waals surface area contributed by atoms with E-state index in [-0.39, 0.29) is 34.6 Å². The first-order valence-corrected chi connectivity index (χ1v) is 11.3. The molecule has 164 valence electrons. The van der Waals surface area contributed by atoms with Crippen LogP contribution in [0.15, 0.2) is 47.4 Å². The number of carbonyl (C=O) groups is 1. The van der Waals surface area contributed by atoms with Gasteiger partial charge in [-0.3, -0.25) is 4.79 Å². The maximum absolute atomic E-state index is 13.1. The van der Waals surface area contributed by atoms with Crippen LogP contribution in [0, 0.1) is 11.2 Å². The maximum atomic E-state index is 13.1. The van der Waals surface area contributed by atoms with Crippen LogP contribution in [0.2, 0.25) is 5.02 Å². The lowest BCUT2D eigenvalue weighted by molar-refractivity contribution is -0.135. The molecule has 0 saturated carbocycles. The van der Waals surface area contributed by atoms with E-state index in [2.05, 4.69) is 0 Å². The van der Waals surface area contributed by atoms with Crippen molar-refractivity contribution in [1.29, 1.82) is 0 Å². The Hall–Kier alpha value is -2.12. The van der Waals surface area contributed by atoms with Crippen LogP contribution in [0.25, 0.3) is 0 Å². The van der Waals surface area contributed by atoms with Crippen molar-refractivity contribution in [3.8, 4) is 5.75 Å². The summed E-state index contributed by atoms with van der Waals surface area (Å²) in [6.07, 6.45) is 0.343. The molecule has 30 heavy (non-hydrogen) atoms. The Morgan fingerprint density at radius 1 is 1.13 bits per heavy atom. The van der Waals surface area contributed by atoms with Gasteiger partial charge in [0.1, 0.15) is 16.5 Å². The summed E-state index contributed by atoms with van der Waals surface area (Å²) in [6, 6.07) is 8.79. The first-order valence-electron chi connectivity index (χ1n) is 9.56. The molecular formula is C22H27ClFNO4S. The summed E-state index contributed by atoms with van der Waals surface area (Å²) in [7, 11) is -4.18. The van der Waals surface area contributed by atoms with Gasteiger partial charge >= 0.3 is 10.1 Å². The summed E-state index contributed by atoms with van der Waals surface area (Å²) in [5, 5.41) is 0.392. The van der Waals surface area contributed by atoms with E-state index in [1.807, 2.05) is 34.6 Å². The highest BCUT2D eigenvalue weighted by Crippen LogP contribution is 2.29. The normalized spacial score (nSPS) is 12.1. The first-order chi connectivity index (χ1) is 13.8. The number of benzene rings is 2. The Morgan fingerprint density at radius 2 is 1.73 bits per heavy atom. The van der Waals surface area contributed by atoms with E-state index in [0.29, 0.717) is 17.0 Å². The summed E-state index contributed by atoms with van der Waals surface area (Å²) in [5.41, 5.74) is 0.272. The number of carbonyl (C=O) groups excluding carboxylic acids is 1. The second kappa shape index (κ2) is 9.35. The molecule has 0 unspecified atom stereocenters. The highest BCUT2D eigenvalue weighted by atomic mass is 35.5. The lowest BCUT2D eigenvalue weighted by Gasteiger charge is -2.30. The van der Waals surface area contributed by atoms with Crippen molar-refractivity contribution in [2.24, 2.45) is 5.41 Å². The fourth-order valence-electron chi connectivity index (χ4n) is 2.82. The number of rotatable bonds is 7. The van der Waals surface area contributed by atoms with Gasteiger partial charge in [0, 0.05) is 29.6 Å². The van der Waals surface area contributed by atoms with Gasteiger partial charge in [0.25, 0.3) is 0 Å². The number of nitrogens with zero attached hydrogens (tertiary/aromatic N) is 1. The molecule has 8 heteroatoms. The second-order valence-electron chi connectivity index (χ2n) is 8.60. The van der Waals surface area contributed by atoms with Crippen LogP contribution in [-0.2, 0) is 21.5 Å². The Labute approximate surface area is 182 Å². The van der Waals surface area contributed by atoms with E-state index in [9.17, 15) is 17.6 Å². The molecule has 0 atom stereocenters. The van der Waals surface area contributed by atoms with Crippen molar-refractivity contribution in [2.75, 3.05) is 0 Å². The summed E-state index contributed by atoms with van der Waals surface area (Å²) >= 11 is 6.12. The molecule has 0 N–H and O–H groups in total. The molecule has 0 heterocycles. The number of halogens is 2. The summed E-state index contributed by atoms with van der Waals surface area (Å²) in [5.74, 6) is -0.534. The molecule has 0 bridgehead atoms. The van der Waals surface area contributed by atoms with Gasteiger partial charge in [-0.1, -0.05) is 32.4 Å². The van der Waals surface area contributed by atoms with Gasteiger partial charge in [0.15, 0.2) is 0 Å². The SMILES string of the molecule is CC(C)N(Cc1cc(Cl)ccc1OS(=O)(=O)c1ccc(F)cc1)C(=O)CC(C)(C)C. The molecule has 1 amide bonds. The predicted octanol–water partition coefficient (Wildman–Crippen LogP) is 5.42. The number of hydrogen-bond acceptors (Lipinski definition) is 4. The van der Waals surface area contributed by atoms with E-state index in [4.69, 9.17) is 15.8 Å². The van der Waals surface area contributed by atoms with Gasteiger partial charge in [0.05, 0.1) is 0 Å². The lowest BCUT2D eigenvalue weighted by Crippen LogP contribution is -2.38. The van der Waals surface area contributed by atoms with Crippen molar-refractivity contribution >= 4 is 27.6 Å². The monoisotopic (exact) mass is 455 g/mol. The molecule has 0 radical (unpaired) electrons. The van der Waals surface area contributed by atoms with Crippen LogP contribution in [0.4, 0.5) is 4.39 Å². The van der Waals surface area contributed by atoms with Crippen molar-refractivity contribution in [1.82, 2.24) is 4.90 Å². The van der Waals surface area contributed by atoms with E-state index in [1.54, 1.807) is 11.0 Å². The van der Waals surface area contributed by atoms with Crippen LogP contribution in [0.1, 0.15) is 46.6 Å². The van der Waals surface area contributed by atoms with Gasteiger partial charge in [-0.25, -0.2) is 4.39 Å². The molecule has 2 rings (SSSR count). The van der Waals surface area contributed by atoms with Crippen molar-refractivity contribution in [3.05, 3.63) is 58.9 Å². The largest absolute Gasteiger partial charge is 0.379 e. The summed E-state index contributed by atoms with van der Waals surface area (Å²) in [4.78, 5) is 14.3. The van der Waals surface area contributed by atoms with Crippen LogP contribution < -0.4 is 4.18 Å². The highest BCUT2D eigenvalue weighted by Gasteiger charge is 2.25. The fraction of sp³-hybridized carbons (Fsp3) is 0.409. The molecule has 2 aromatic carbocycles. The van der Waals surface area contributed by atoms with Crippen LogP contribution in [-0.4, -0.2) is 25.3 Å². The third kappa shape index (κ3) is 6.71. The smallest absolute Gasteiger partial charge is 0.339 e. The lowest BCUT2D eigenvalue weighted by atomic mass is 9.91. The highest BCUT2D eigenvalue weighted by molar-refractivity contribution is 7.87. The summed E-state index contributed by atoms with van der Waals surface area (Å²) < 4.78 is 43.7. The second-order valence-corrected chi connectivity index (χ2v) is 10.6. The third-order valence-electron chi connectivity index (χ3n) is 4.29. The minimum atomic E-state index is -4.18. The average molecular weight is 456 g/mol. The minimum Gasteiger partial charge on any atom is -0.379 e. The third-order valence-corrected chi connectivity index (χ3v) is 5.77. The summed E-state index contributed by atoms with van der Waals surface area (Å²) in [6.45, 7) is 9.86.